The molecule has 20 rings (SSSR count). The Labute approximate surface area is 845 Å². The van der Waals surface area contributed by atoms with Gasteiger partial charge in [-0.2, -0.15) is 13.2 Å². The summed E-state index contributed by atoms with van der Waals surface area (Å²) in [5.41, 5.74) is 9.33. The van der Waals surface area contributed by atoms with Gasteiger partial charge in [0.05, 0.1) is 5.56 Å². The maximum atomic E-state index is 13.9. The van der Waals surface area contributed by atoms with Crippen LogP contribution in [0.2, 0.25) is 5.02 Å². The van der Waals surface area contributed by atoms with E-state index in [0.29, 0.717) is 98.0 Å². The zero-order valence-electron chi connectivity index (χ0n) is 80.5. The molecule has 4 aliphatic rings. The molecule has 16 aromatic rings. The number of phenolic OH excluding ortho intramolecular Hbond substituents is 4. The highest BCUT2D eigenvalue weighted by atomic mass is 35.5. The molecule has 0 spiro atoms. The number of halogens is 5. The van der Waals surface area contributed by atoms with Crippen LogP contribution in [-0.2, 0) is 31.9 Å². The average molecular weight is 2010 g/mol. The van der Waals surface area contributed by atoms with Gasteiger partial charge in [0.1, 0.15) is 71.3 Å². The molecule has 4 N–H and O–H groups in total. The summed E-state index contributed by atoms with van der Waals surface area (Å²) in [6.07, 6.45) is 4.56. The van der Waals surface area contributed by atoms with Gasteiger partial charge >= 0.3 is 6.18 Å². The highest BCUT2D eigenvalue weighted by molar-refractivity contribution is 7.22. The van der Waals surface area contributed by atoms with E-state index < -0.39 is 23.3 Å². The smallest absolute Gasteiger partial charge is 0.416 e. The second-order valence-corrected chi connectivity index (χ2v) is 42.8. The van der Waals surface area contributed by atoms with E-state index in [-0.39, 0.29) is 50.8 Å². The van der Waals surface area contributed by atoms with Crippen LogP contribution in [0.4, 0.5) is 17.6 Å². The number of alkyl halides is 3. The molecule has 4 aromatic heterocycles. The van der Waals surface area contributed by atoms with Gasteiger partial charge in [-0.15, -0.1) is 45.3 Å². The molecule has 0 bridgehead atoms. The fraction of sp³-hybridized carbons (Fsp3) is 0.282. The van der Waals surface area contributed by atoms with Crippen LogP contribution in [-0.4, -0.2) is 142 Å². The first-order valence-corrected chi connectivity index (χ1v) is 51.9. The minimum atomic E-state index is -4.48. The third-order valence-corrected chi connectivity index (χ3v) is 31.6. The van der Waals surface area contributed by atoms with Gasteiger partial charge in [-0.1, -0.05) is 130 Å². The minimum Gasteiger partial charge on any atom is -0.508 e. The summed E-state index contributed by atoms with van der Waals surface area (Å²) in [6, 6.07) is 71.5. The van der Waals surface area contributed by atoms with E-state index in [4.69, 9.17) is 30.5 Å². The monoisotopic (exact) mass is 2000 g/mol. The molecule has 0 amide bonds. The number of ketones is 4. The lowest BCUT2D eigenvalue weighted by molar-refractivity contribution is -0.137. The zero-order chi connectivity index (χ0) is 99.7. The topological polar surface area (TPSA) is 199 Å². The molecule has 4 atom stereocenters. The lowest BCUT2D eigenvalue weighted by Gasteiger charge is -2.15. The normalized spacial score (nSPS) is 16.2. The van der Waals surface area contributed by atoms with Crippen LogP contribution >= 0.6 is 56.9 Å². The average Bonchev–Trinajstić information content (AvgIpc) is 1.64. The number of ether oxygens (including phenoxy) is 4. The van der Waals surface area contributed by atoms with Crippen LogP contribution in [0.25, 0.3) is 40.3 Å². The fourth-order valence-corrected chi connectivity index (χ4v) is 23.3. The van der Waals surface area contributed by atoms with Crippen molar-refractivity contribution in [3.8, 4) is 69.0 Å². The van der Waals surface area contributed by atoms with Crippen molar-refractivity contribution in [2.24, 2.45) is 23.7 Å². The molecular formula is C117H113ClF4N4O12S4. The maximum Gasteiger partial charge on any atom is 0.416 e. The summed E-state index contributed by atoms with van der Waals surface area (Å²) in [4.78, 5) is 65.7. The first-order chi connectivity index (χ1) is 68.3. The number of benzene rings is 12. The molecule has 0 saturated carbocycles. The van der Waals surface area contributed by atoms with E-state index in [2.05, 4.69) is 83.7 Å². The van der Waals surface area contributed by atoms with Gasteiger partial charge in [0.25, 0.3) is 0 Å². The third kappa shape index (κ3) is 24.8. The van der Waals surface area contributed by atoms with Crippen molar-refractivity contribution in [2.45, 2.75) is 113 Å². The SMILES string of the molecule is C[C@H]1CCN(CCc2ccc(Oc3c(C(=O)c4ccc(C(F)(F)F)cc4)sc4cc(O)ccc34)cc2)C1.Cc1ccc(C)c(C(=O)c2sc3cc(O)ccc3c2Oc2ccc(CCN3CC[C@H](C)C3)cc2)c1.Cc1ccc(Cl)cc1C(=O)c1sc2cc(O)ccc2c1Oc1ccc(CCN2CC[C@H](C)C2)cc1.Cc1ccc(F)cc1C(=O)c1sc2cc(O)ccc2c1Oc1ccc(CCN2CC[C@H](C)C2)cc1. The van der Waals surface area contributed by atoms with E-state index in [1.165, 1.54) is 152 Å². The van der Waals surface area contributed by atoms with Crippen LogP contribution in [0.5, 0.6) is 69.0 Å². The van der Waals surface area contributed by atoms with Crippen LogP contribution in [0.1, 0.15) is 164 Å². The van der Waals surface area contributed by atoms with Gasteiger partial charge in [0, 0.05) is 120 Å². The Morgan fingerprint density at radius 3 is 0.923 bits per heavy atom. The molecule has 0 unspecified atom stereocenters. The van der Waals surface area contributed by atoms with Crippen molar-refractivity contribution in [1.29, 1.82) is 0 Å². The lowest BCUT2D eigenvalue weighted by Crippen LogP contribution is -2.22. The maximum absolute atomic E-state index is 13.9. The highest BCUT2D eigenvalue weighted by Crippen LogP contribution is 2.49. The molecule has 4 fully saturated rings. The summed E-state index contributed by atoms with van der Waals surface area (Å²) in [7, 11) is 0. The van der Waals surface area contributed by atoms with Gasteiger partial charge in [-0.25, -0.2) is 4.39 Å². The van der Waals surface area contributed by atoms with Crippen LogP contribution < -0.4 is 18.9 Å². The standard InChI is InChI=1S/C30H31NO3S.C29H28ClNO3S.C29H26F3NO3S.C29H28FNO3S/c1-19-4-5-21(3)26(16-19)28(33)30-29(25-11-8-23(32)17-27(25)35-30)34-24-9-6-22(7-10-24)13-15-31-14-12-20(2)18-31;1-18-11-13-31(17-18)14-12-20-4-8-23(9-5-20)34-28-24-10-7-22(32)16-26(24)35-29(28)27(33)25-15-21(30)6-3-19(25)2;1-18-12-14-33(17-18)15-13-19-2-9-23(10-3-19)36-27-24-11-8-22(34)16-25(24)37-28(27)26(35)20-4-6-21(7-5-20)29(30,31)32;1-18-11-13-31(17-18)14-12-20-4-8-23(9-5-20)34-28-24-10-7-22(32)16-26(24)35-29(28)27(33)25-15-21(30)6-3-19(25)2/h4-11,16-17,20,32H,12-15,18H2,1-3H3;3-10,15-16,18,32H,11-14,17H2,1-2H3;2-11,16,18,34H,12-15,17H2,1H3;3-10,15-16,18,32H,11-14,17H2,1-2H3/t20-;3*18-/m0000/s1. The molecule has 4 aliphatic heterocycles. The predicted molar refractivity (Wildman–Crippen MR) is 564 cm³/mol. The van der Waals surface area contributed by atoms with E-state index in [1.807, 2.05) is 112 Å². The minimum absolute atomic E-state index is 0.0468. The van der Waals surface area contributed by atoms with E-state index in [0.717, 1.165) is 159 Å². The van der Waals surface area contributed by atoms with Gasteiger partial charge < -0.3 is 59.0 Å². The van der Waals surface area contributed by atoms with Crippen molar-refractivity contribution in [3.05, 3.63) is 351 Å². The number of fused-ring (bicyclic) bond motifs is 4. The largest absolute Gasteiger partial charge is 0.508 e. The van der Waals surface area contributed by atoms with Gasteiger partial charge in [-0.05, 0) is 332 Å². The molecule has 25 heteroatoms. The van der Waals surface area contributed by atoms with Gasteiger partial charge in [-0.3, -0.25) is 19.2 Å². The van der Waals surface area contributed by atoms with E-state index in [9.17, 15) is 57.2 Å². The Bertz CT molecular complexity index is 6760. The summed E-state index contributed by atoms with van der Waals surface area (Å²) >= 11 is 11.2. The lowest BCUT2D eigenvalue weighted by atomic mass is 10.0. The highest BCUT2D eigenvalue weighted by Gasteiger charge is 2.34. The summed E-state index contributed by atoms with van der Waals surface area (Å²) < 4.78 is 81.0. The Morgan fingerprint density at radius 2 is 0.627 bits per heavy atom. The molecule has 0 radical (unpaired) electrons. The molecule has 8 heterocycles. The molecule has 4 saturated heterocycles. The zero-order valence-corrected chi connectivity index (χ0v) is 84.5. The number of likely N-dealkylation sites (tertiary alicyclic amines) is 4. The number of hydrogen-bond acceptors (Lipinski definition) is 20. The van der Waals surface area contributed by atoms with Gasteiger partial charge in [0.15, 0.2) is 23.0 Å². The number of carbonyl (C=O) groups excluding carboxylic acids is 4. The fourth-order valence-electron chi connectivity index (χ4n) is 18.7. The first-order valence-electron chi connectivity index (χ1n) is 48.2. The molecule has 12 aromatic carbocycles. The van der Waals surface area contributed by atoms with Crippen LogP contribution in [0.3, 0.4) is 0 Å². The van der Waals surface area contributed by atoms with Crippen LogP contribution in [0, 0.1) is 57.2 Å². The number of rotatable bonds is 28. The Kier molecular flexibility index (Phi) is 31.9. The Morgan fingerprint density at radius 1 is 0.345 bits per heavy atom. The molecule has 0 aliphatic carbocycles. The van der Waals surface area contributed by atoms with Crippen molar-refractivity contribution in [2.75, 3.05) is 78.5 Å². The second-order valence-electron chi connectivity index (χ2n) is 38.2. The second kappa shape index (κ2) is 44.9. The number of nitrogens with zero attached hydrogens (tertiary/aromatic N) is 4. The number of hydrogen-bond donors (Lipinski definition) is 4. The first kappa shape index (κ1) is 101. The van der Waals surface area contributed by atoms with Crippen LogP contribution in [0.15, 0.2) is 249 Å². The predicted octanol–water partition coefficient (Wildman–Crippen LogP) is 29.1. The molecule has 16 nitrogen and oxygen atoms in total. The number of carbonyl (C=O) groups is 4. The number of phenols is 4. The number of aromatic hydroxyl groups is 4. The van der Waals surface area contributed by atoms with E-state index >= 15 is 0 Å². The molecular weight excluding hydrogens is 1890 g/mol. The summed E-state index contributed by atoms with van der Waals surface area (Å²) in [5.74, 6) is 6.57. The van der Waals surface area contributed by atoms with Crippen molar-refractivity contribution in [1.82, 2.24) is 19.6 Å². The van der Waals surface area contributed by atoms with Gasteiger partial charge in [0.2, 0.25) is 23.1 Å². The van der Waals surface area contributed by atoms with Crippen molar-refractivity contribution >= 4 is 120 Å². The number of thiophene rings is 4. The Hall–Kier alpha value is -12.6. The van der Waals surface area contributed by atoms with Crippen molar-refractivity contribution < 1.29 is 76.1 Å². The summed E-state index contributed by atoms with van der Waals surface area (Å²) in [5, 5.41) is 43.4. The molecule has 732 valence electrons. The molecule has 142 heavy (non-hydrogen) atoms. The summed E-state index contributed by atoms with van der Waals surface area (Å²) in [6.45, 7) is 30.4. The Balaban J connectivity index is 0.000000130. The van der Waals surface area contributed by atoms with E-state index in [1.54, 1.807) is 85.8 Å². The van der Waals surface area contributed by atoms with Crippen molar-refractivity contribution in [3.63, 3.8) is 0 Å². The third-order valence-electron chi connectivity index (χ3n) is 26.8. The quantitative estimate of drug-likeness (QED) is 0.0266. The number of aryl methyl sites for hydroxylation is 4.